The molecule has 0 heterocycles. The molecule has 0 aliphatic heterocycles. The number of hydrogen-bond donors (Lipinski definition) is 1. The Morgan fingerprint density at radius 1 is 1.19 bits per heavy atom. The summed E-state index contributed by atoms with van der Waals surface area (Å²) >= 11 is 0. The van der Waals surface area contributed by atoms with Crippen molar-refractivity contribution in [1.29, 1.82) is 0 Å². The highest BCUT2D eigenvalue weighted by atomic mass is 19.1. The van der Waals surface area contributed by atoms with Crippen LogP contribution in [0.2, 0.25) is 0 Å². The fraction of sp³-hybridized carbons (Fsp3) is 0.188. The highest BCUT2D eigenvalue weighted by molar-refractivity contribution is 6.09. The van der Waals surface area contributed by atoms with Crippen LogP contribution in [0.4, 0.5) is 15.8 Å². The molecule has 0 saturated heterocycles. The van der Waals surface area contributed by atoms with Gasteiger partial charge in [-0.25, -0.2) is 4.39 Å². The highest BCUT2D eigenvalue weighted by Crippen LogP contribution is 2.24. The molecule has 0 bridgehead atoms. The first-order chi connectivity index (χ1) is 10.1. The zero-order valence-corrected chi connectivity index (χ0v) is 12.2. The second-order valence-corrected chi connectivity index (χ2v) is 4.47. The van der Waals surface area contributed by atoms with Gasteiger partial charge in [0.15, 0.2) is 0 Å². The standard InChI is InChI=1S/C16H17FN2O2/c1-18-15-13(5-4-6-14(15)17)16(20)19(2)11-7-9-12(21-3)10-8-11/h4-10,18H,1-3H3. The zero-order valence-electron chi connectivity index (χ0n) is 12.2. The summed E-state index contributed by atoms with van der Waals surface area (Å²) in [5.74, 6) is -0.0308. The fourth-order valence-corrected chi connectivity index (χ4v) is 2.06. The first kappa shape index (κ1) is 14.8. The summed E-state index contributed by atoms with van der Waals surface area (Å²) in [5.41, 5.74) is 1.19. The van der Waals surface area contributed by atoms with Crippen molar-refractivity contribution in [3.63, 3.8) is 0 Å². The lowest BCUT2D eigenvalue weighted by atomic mass is 10.1. The number of para-hydroxylation sites is 1. The van der Waals surface area contributed by atoms with Gasteiger partial charge >= 0.3 is 0 Å². The Hall–Kier alpha value is -2.56. The molecule has 2 aromatic carbocycles. The van der Waals surface area contributed by atoms with Crippen LogP contribution < -0.4 is 15.0 Å². The SMILES string of the molecule is CNc1c(F)cccc1C(=O)N(C)c1ccc(OC)cc1. The molecular weight excluding hydrogens is 271 g/mol. The lowest BCUT2D eigenvalue weighted by Crippen LogP contribution is -2.27. The molecule has 2 aromatic rings. The number of nitrogens with one attached hydrogen (secondary N) is 1. The minimum Gasteiger partial charge on any atom is -0.497 e. The summed E-state index contributed by atoms with van der Waals surface area (Å²) in [4.78, 5) is 14.0. The van der Waals surface area contributed by atoms with Crippen molar-refractivity contribution in [3.05, 3.63) is 53.8 Å². The molecule has 4 nitrogen and oxygen atoms in total. The first-order valence-electron chi connectivity index (χ1n) is 6.47. The van der Waals surface area contributed by atoms with Crippen LogP contribution in [0.1, 0.15) is 10.4 Å². The van der Waals surface area contributed by atoms with Crippen LogP contribution in [-0.4, -0.2) is 27.1 Å². The zero-order chi connectivity index (χ0) is 15.4. The Morgan fingerprint density at radius 2 is 1.86 bits per heavy atom. The Balaban J connectivity index is 2.32. The number of carbonyl (C=O) groups is 1. The molecule has 0 aromatic heterocycles. The molecule has 0 aliphatic carbocycles. The third-order valence-corrected chi connectivity index (χ3v) is 3.26. The van der Waals surface area contributed by atoms with E-state index in [0.29, 0.717) is 11.4 Å². The van der Waals surface area contributed by atoms with Gasteiger partial charge in [-0.1, -0.05) is 6.07 Å². The lowest BCUT2D eigenvalue weighted by Gasteiger charge is -2.19. The number of anilines is 2. The Labute approximate surface area is 123 Å². The molecule has 1 amide bonds. The minimum atomic E-state index is -0.452. The van der Waals surface area contributed by atoms with Gasteiger partial charge in [0.05, 0.1) is 18.4 Å². The number of amides is 1. The van der Waals surface area contributed by atoms with Gasteiger partial charge in [-0.2, -0.15) is 0 Å². The average molecular weight is 288 g/mol. The normalized spacial score (nSPS) is 10.1. The van der Waals surface area contributed by atoms with Gasteiger partial charge < -0.3 is 15.0 Å². The largest absolute Gasteiger partial charge is 0.497 e. The van der Waals surface area contributed by atoms with E-state index in [4.69, 9.17) is 4.74 Å². The Kier molecular flexibility index (Phi) is 4.42. The molecule has 0 unspecified atom stereocenters. The van der Waals surface area contributed by atoms with E-state index in [9.17, 15) is 9.18 Å². The van der Waals surface area contributed by atoms with E-state index in [1.54, 1.807) is 51.5 Å². The molecule has 0 fully saturated rings. The van der Waals surface area contributed by atoms with E-state index in [2.05, 4.69) is 5.32 Å². The van der Waals surface area contributed by atoms with E-state index in [-0.39, 0.29) is 17.2 Å². The molecular formula is C16H17FN2O2. The minimum absolute atomic E-state index is 0.197. The predicted octanol–water partition coefficient (Wildman–Crippen LogP) is 3.15. The highest BCUT2D eigenvalue weighted by Gasteiger charge is 2.18. The van der Waals surface area contributed by atoms with E-state index < -0.39 is 5.82 Å². The molecule has 0 saturated carbocycles. The number of ether oxygens (including phenoxy) is 1. The smallest absolute Gasteiger partial charge is 0.260 e. The molecule has 0 aliphatic rings. The average Bonchev–Trinajstić information content (AvgIpc) is 2.53. The van der Waals surface area contributed by atoms with Gasteiger partial charge in [0, 0.05) is 19.8 Å². The van der Waals surface area contributed by atoms with Crippen LogP contribution in [0.5, 0.6) is 5.75 Å². The second kappa shape index (κ2) is 6.26. The predicted molar refractivity (Wildman–Crippen MR) is 81.7 cm³/mol. The molecule has 0 spiro atoms. The van der Waals surface area contributed by atoms with Crippen LogP contribution in [0, 0.1) is 5.82 Å². The number of nitrogens with zero attached hydrogens (tertiary/aromatic N) is 1. The van der Waals surface area contributed by atoms with Crippen molar-refractivity contribution in [2.75, 3.05) is 31.4 Å². The van der Waals surface area contributed by atoms with Gasteiger partial charge in [-0.15, -0.1) is 0 Å². The molecule has 110 valence electrons. The quantitative estimate of drug-likeness (QED) is 0.939. The Bertz CT molecular complexity index is 641. The van der Waals surface area contributed by atoms with Gasteiger partial charge in [0.2, 0.25) is 0 Å². The summed E-state index contributed by atoms with van der Waals surface area (Å²) in [5, 5.41) is 2.73. The van der Waals surface area contributed by atoms with Crippen LogP contribution in [0.15, 0.2) is 42.5 Å². The van der Waals surface area contributed by atoms with Crippen molar-refractivity contribution in [3.8, 4) is 5.75 Å². The van der Waals surface area contributed by atoms with Gasteiger partial charge in [-0.05, 0) is 36.4 Å². The Morgan fingerprint density at radius 3 is 2.43 bits per heavy atom. The number of rotatable bonds is 4. The third kappa shape index (κ3) is 2.97. The van der Waals surface area contributed by atoms with Gasteiger partial charge in [-0.3, -0.25) is 4.79 Å². The van der Waals surface area contributed by atoms with Crippen molar-refractivity contribution >= 4 is 17.3 Å². The number of halogens is 1. The number of hydrogen-bond acceptors (Lipinski definition) is 3. The molecule has 0 atom stereocenters. The number of methoxy groups -OCH3 is 1. The van der Waals surface area contributed by atoms with Gasteiger partial charge in [0.1, 0.15) is 11.6 Å². The van der Waals surface area contributed by atoms with Crippen molar-refractivity contribution in [2.45, 2.75) is 0 Å². The fourth-order valence-electron chi connectivity index (χ4n) is 2.06. The van der Waals surface area contributed by atoms with E-state index in [1.807, 2.05) is 0 Å². The number of benzene rings is 2. The molecule has 5 heteroatoms. The molecule has 2 rings (SSSR count). The third-order valence-electron chi connectivity index (χ3n) is 3.26. The number of carbonyl (C=O) groups excluding carboxylic acids is 1. The van der Waals surface area contributed by atoms with Crippen LogP contribution in [0.25, 0.3) is 0 Å². The topological polar surface area (TPSA) is 41.6 Å². The second-order valence-electron chi connectivity index (χ2n) is 4.47. The monoisotopic (exact) mass is 288 g/mol. The maximum atomic E-state index is 13.7. The summed E-state index contributed by atoms with van der Waals surface area (Å²) in [6.45, 7) is 0. The summed E-state index contributed by atoms with van der Waals surface area (Å²) in [7, 11) is 4.81. The molecule has 21 heavy (non-hydrogen) atoms. The van der Waals surface area contributed by atoms with Crippen LogP contribution >= 0.6 is 0 Å². The van der Waals surface area contributed by atoms with E-state index in [0.717, 1.165) is 0 Å². The maximum Gasteiger partial charge on any atom is 0.260 e. The summed E-state index contributed by atoms with van der Waals surface area (Å²) in [6, 6.07) is 11.5. The van der Waals surface area contributed by atoms with Crippen molar-refractivity contribution in [2.24, 2.45) is 0 Å². The van der Waals surface area contributed by atoms with E-state index >= 15 is 0 Å². The van der Waals surface area contributed by atoms with E-state index in [1.165, 1.54) is 17.0 Å². The summed E-state index contributed by atoms with van der Waals surface area (Å²) in [6.07, 6.45) is 0. The first-order valence-corrected chi connectivity index (χ1v) is 6.47. The summed E-state index contributed by atoms with van der Waals surface area (Å²) < 4.78 is 18.8. The van der Waals surface area contributed by atoms with Crippen molar-refractivity contribution < 1.29 is 13.9 Å². The van der Waals surface area contributed by atoms with Crippen LogP contribution in [-0.2, 0) is 0 Å². The molecule has 0 radical (unpaired) electrons. The van der Waals surface area contributed by atoms with Gasteiger partial charge in [0.25, 0.3) is 5.91 Å². The van der Waals surface area contributed by atoms with Crippen LogP contribution in [0.3, 0.4) is 0 Å². The molecule has 1 N–H and O–H groups in total. The lowest BCUT2D eigenvalue weighted by molar-refractivity contribution is 0.0993. The maximum absolute atomic E-state index is 13.7. The van der Waals surface area contributed by atoms with Crippen molar-refractivity contribution in [1.82, 2.24) is 0 Å².